The lowest BCUT2D eigenvalue weighted by molar-refractivity contribution is 0.0402. The highest BCUT2D eigenvalue weighted by Crippen LogP contribution is 2.18. The van der Waals surface area contributed by atoms with Gasteiger partial charge >= 0.3 is 0 Å². The molecule has 3 heterocycles. The number of aromatic nitrogens is 3. The van der Waals surface area contributed by atoms with Gasteiger partial charge in [0.1, 0.15) is 17.5 Å². The molecule has 2 aromatic rings. The predicted octanol–water partition coefficient (Wildman–Crippen LogP) is 0.949. The van der Waals surface area contributed by atoms with Crippen molar-refractivity contribution in [1.82, 2.24) is 20.1 Å². The average Bonchev–Trinajstić information content (AvgIpc) is 3.20. The summed E-state index contributed by atoms with van der Waals surface area (Å²) in [6.07, 6.45) is 1.84. The molecule has 0 saturated carbocycles. The first kappa shape index (κ1) is 14.8. The number of rotatable bonds is 5. The Balaban J connectivity index is 1.68. The summed E-state index contributed by atoms with van der Waals surface area (Å²) in [6, 6.07) is 5.50. The van der Waals surface area contributed by atoms with E-state index in [0.29, 0.717) is 25.5 Å². The van der Waals surface area contributed by atoms with Crippen molar-refractivity contribution >= 4 is 5.91 Å². The molecular weight excluding hydrogens is 284 g/mol. The Hall–Kier alpha value is -2.12. The van der Waals surface area contributed by atoms with Crippen LogP contribution >= 0.6 is 0 Å². The van der Waals surface area contributed by atoms with Crippen molar-refractivity contribution < 1.29 is 14.3 Å². The van der Waals surface area contributed by atoms with Gasteiger partial charge in [-0.3, -0.25) is 9.89 Å². The first-order chi connectivity index (χ1) is 10.7. The normalized spacial score (nSPS) is 21.2. The number of aromatic amines is 1. The number of H-pyrrole nitrogens is 1. The Morgan fingerprint density at radius 2 is 2.45 bits per heavy atom. The van der Waals surface area contributed by atoms with Crippen LogP contribution in [-0.4, -0.2) is 52.6 Å². The van der Waals surface area contributed by atoms with Gasteiger partial charge in [-0.05, 0) is 25.1 Å². The maximum atomic E-state index is 12.3. The van der Waals surface area contributed by atoms with Crippen molar-refractivity contribution in [2.45, 2.75) is 19.1 Å². The van der Waals surface area contributed by atoms with Gasteiger partial charge in [-0.25, -0.2) is 0 Å². The van der Waals surface area contributed by atoms with Crippen LogP contribution in [0.5, 0.6) is 0 Å². The van der Waals surface area contributed by atoms with E-state index in [-0.39, 0.29) is 18.1 Å². The Morgan fingerprint density at radius 3 is 3.18 bits per heavy atom. The molecule has 118 valence electrons. The van der Waals surface area contributed by atoms with E-state index in [2.05, 4.69) is 15.5 Å². The zero-order chi connectivity index (χ0) is 15.5. The van der Waals surface area contributed by atoms with Crippen LogP contribution in [0.2, 0.25) is 0 Å². The number of hydrogen-bond acceptors (Lipinski definition) is 4. The second-order valence-corrected chi connectivity index (χ2v) is 5.28. The van der Waals surface area contributed by atoms with Crippen LogP contribution in [0, 0.1) is 0 Å². The van der Waals surface area contributed by atoms with Gasteiger partial charge in [0.05, 0.1) is 24.9 Å². The number of hydrogen-bond donors (Lipinski definition) is 2. The average molecular weight is 304 g/mol. The number of carbonyl (C=O) groups is 1. The SMILES string of the molecule is CCO[C@H]1COC[C@@H]1NC(=O)c1cc(-c2cccn2C)n[nH]1. The van der Waals surface area contributed by atoms with Crippen molar-refractivity contribution in [1.29, 1.82) is 0 Å². The molecule has 0 radical (unpaired) electrons. The van der Waals surface area contributed by atoms with E-state index in [9.17, 15) is 4.79 Å². The summed E-state index contributed by atoms with van der Waals surface area (Å²) >= 11 is 0. The van der Waals surface area contributed by atoms with Gasteiger partial charge in [0.2, 0.25) is 0 Å². The molecule has 22 heavy (non-hydrogen) atoms. The smallest absolute Gasteiger partial charge is 0.269 e. The van der Waals surface area contributed by atoms with Crippen LogP contribution in [0.1, 0.15) is 17.4 Å². The monoisotopic (exact) mass is 304 g/mol. The fraction of sp³-hybridized carbons (Fsp3) is 0.467. The number of ether oxygens (including phenoxy) is 2. The lowest BCUT2D eigenvalue weighted by Gasteiger charge is -2.18. The van der Waals surface area contributed by atoms with Crippen LogP contribution in [-0.2, 0) is 16.5 Å². The molecule has 2 N–H and O–H groups in total. The second kappa shape index (κ2) is 6.33. The Bertz CT molecular complexity index is 649. The highest BCUT2D eigenvalue weighted by molar-refractivity contribution is 5.93. The molecule has 1 aliphatic rings. The number of nitrogens with zero attached hydrogens (tertiary/aromatic N) is 2. The maximum absolute atomic E-state index is 12.3. The summed E-state index contributed by atoms with van der Waals surface area (Å²) in [5.41, 5.74) is 2.12. The van der Waals surface area contributed by atoms with E-state index in [1.807, 2.05) is 36.9 Å². The van der Waals surface area contributed by atoms with E-state index >= 15 is 0 Å². The van der Waals surface area contributed by atoms with Crippen molar-refractivity contribution in [3.8, 4) is 11.4 Å². The van der Waals surface area contributed by atoms with Crippen LogP contribution in [0.3, 0.4) is 0 Å². The Labute approximate surface area is 128 Å². The molecule has 7 heteroatoms. The minimum Gasteiger partial charge on any atom is -0.376 e. The fourth-order valence-electron chi connectivity index (χ4n) is 2.59. The van der Waals surface area contributed by atoms with Gasteiger partial charge in [0.15, 0.2) is 0 Å². The van der Waals surface area contributed by atoms with Crippen molar-refractivity contribution in [3.63, 3.8) is 0 Å². The summed E-state index contributed by atoms with van der Waals surface area (Å²) in [4.78, 5) is 12.3. The number of amides is 1. The summed E-state index contributed by atoms with van der Waals surface area (Å²) in [6.45, 7) is 3.51. The Kier molecular flexibility index (Phi) is 4.26. The van der Waals surface area contributed by atoms with E-state index in [1.165, 1.54) is 0 Å². The molecule has 1 saturated heterocycles. The summed E-state index contributed by atoms with van der Waals surface area (Å²) in [7, 11) is 1.94. The molecule has 0 aromatic carbocycles. The van der Waals surface area contributed by atoms with Crippen molar-refractivity contribution in [2.75, 3.05) is 19.8 Å². The van der Waals surface area contributed by atoms with Gasteiger partial charge < -0.3 is 19.4 Å². The molecular formula is C15H20N4O3. The third-order valence-corrected chi connectivity index (χ3v) is 3.75. The minimum atomic E-state index is -0.201. The maximum Gasteiger partial charge on any atom is 0.269 e. The minimum absolute atomic E-state index is 0.0933. The van der Waals surface area contributed by atoms with E-state index in [0.717, 1.165) is 11.4 Å². The van der Waals surface area contributed by atoms with Gasteiger partial charge in [-0.15, -0.1) is 0 Å². The van der Waals surface area contributed by atoms with Gasteiger partial charge in [-0.2, -0.15) is 5.10 Å². The summed E-state index contributed by atoms with van der Waals surface area (Å²) in [5, 5.41) is 9.92. The summed E-state index contributed by atoms with van der Waals surface area (Å²) in [5.74, 6) is -0.201. The van der Waals surface area contributed by atoms with Crippen LogP contribution in [0.25, 0.3) is 11.4 Å². The van der Waals surface area contributed by atoms with Crippen molar-refractivity contribution in [2.24, 2.45) is 7.05 Å². The first-order valence-corrected chi connectivity index (χ1v) is 7.36. The largest absolute Gasteiger partial charge is 0.376 e. The van der Waals surface area contributed by atoms with E-state index < -0.39 is 0 Å². The van der Waals surface area contributed by atoms with Gasteiger partial charge in [-0.1, -0.05) is 0 Å². The molecule has 0 unspecified atom stereocenters. The number of nitrogens with one attached hydrogen (secondary N) is 2. The topological polar surface area (TPSA) is 81.2 Å². The lowest BCUT2D eigenvalue weighted by Crippen LogP contribution is -2.43. The number of aryl methyl sites for hydroxylation is 1. The van der Waals surface area contributed by atoms with Crippen LogP contribution in [0.15, 0.2) is 24.4 Å². The quantitative estimate of drug-likeness (QED) is 0.862. The standard InChI is InChI=1S/C15H20N4O3/c1-3-22-14-9-21-8-12(14)16-15(20)11-7-10(17-18-11)13-5-4-6-19(13)2/h4-7,12,14H,3,8-9H2,1-2H3,(H,16,20)(H,17,18)/t12-,14-/m0/s1. The molecule has 0 aliphatic carbocycles. The second-order valence-electron chi connectivity index (χ2n) is 5.28. The van der Waals surface area contributed by atoms with Gasteiger partial charge in [0, 0.05) is 19.9 Å². The lowest BCUT2D eigenvalue weighted by atomic mass is 10.2. The molecule has 1 amide bonds. The molecule has 2 aromatic heterocycles. The van der Waals surface area contributed by atoms with Crippen LogP contribution < -0.4 is 5.32 Å². The molecule has 0 bridgehead atoms. The molecule has 0 spiro atoms. The first-order valence-electron chi connectivity index (χ1n) is 7.36. The zero-order valence-electron chi connectivity index (χ0n) is 12.7. The third-order valence-electron chi connectivity index (χ3n) is 3.75. The third kappa shape index (κ3) is 2.90. The van der Waals surface area contributed by atoms with E-state index in [4.69, 9.17) is 9.47 Å². The molecule has 3 rings (SSSR count). The fourth-order valence-corrected chi connectivity index (χ4v) is 2.59. The Morgan fingerprint density at radius 1 is 1.59 bits per heavy atom. The highest BCUT2D eigenvalue weighted by Gasteiger charge is 2.30. The van der Waals surface area contributed by atoms with Crippen LogP contribution in [0.4, 0.5) is 0 Å². The summed E-state index contributed by atoms with van der Waals surface area (Å²) < 4.78 is 12.9. The number of carbonyl (C=O) groups excluding carboxylic acids is 1. The zero-order valence-corrected chi connectivity index (χ0v) is 12.7. The van der Waals surface area contributed by atoms with E-state index in [1.54, 1.807) is 6.07 Å². The molecule has 7 nitrogen and oxygen atoms in total. The molecule has 1 fully saturated rings. The molecule has 2 atom stereocenters. The highest BCUT2D eigenvalue weighted by atomic mass is 16.5. The van der Waals surface area contributed by atoms with Crippen molar-refractivity contribution in [3.05, 3.63) is 30.1 Å². The predicted molar refractivity (Wildman–Crippen MR) is 80.5 cm³/mol. The molecule has 1 aliphatic heterocycles. The van der Waals surface area contributed by atoms with Gasteiger partial charge in [0.25, 0.3) is 5.91 Å².